The first-order valence-electron chi connectivity index (χ1n) is 7.64. The predicted molar refractivity (Wildman–Crippen MR) is 88.2 cm³/mol. The molecule has 4 rings (SSSR count). The highest BCUT2D eigenvalue weighted by Gasteiger charge is 2.31. The van der Waals surface area contributed by atoms with Crippen molar-refractivity contribution in [1.82, 2.24) is 14.5 Å². The van der Waals surface area contributed by atoms with Crippen LogP contribution in [0.25, 0.3) is 22.2 Å². The lowest BCUT2D eigenvalue weighted by atomic mass is 9.80. The van der Waals surface area contributed by atoms with Crippen LogP contribution in [0.2, 0.25) is 0 Å². The Morgan fingerprint density at radius 1 is 1.14 bits per heavy atom. The van der Waals surface area contributed by atoms with E-state index in [0.717, 1.165) is 41.5 Å². The Balaban J connectivity index is 1.87. The molecule has 2 heterocycles. The molecule has 2 aromatic heterocycles. The Hall–Kier alpha value is -2.40. The van der Waals surface area contributed by atoms with E-state index in [1.54, 1.807) is 6.33 Å². The molecule has 1 aliphatic carbocycles. The van der Waals surface area contributed by atoms with Gasteiger partial charge in [0.15, 0.2) is 0 Å². The van der Waals surface area contributed by atoms with Gasteiger partial charge in [0.05, 0.1) is 5.39 Å². The van der Waals surface area contributed by atoms with Gasteiger partial charge in [-0.15, -0.1) is 0 Å². The van der Waals surface area contributed by atoms with E-state index in [4.69, 9.17) is 11.5 Å². The number of anilines is 1. The van der Waals surface area contributed by atoms with Crippen LogP contribution in [0.1, 0.15) is 18.9 Å². The van der Waals surface area contributed by atoms with E-state index in [1.807, 2.05) is 18.2 Å². The molecular formula is C17H19N5. The van der Waals surface area contributed by atoms with Crippen LogP contribution >= 0.6 is 0 Å². The lowest BCUT2D eigenvalue weighted by Crippen LogP contribution is -2.31. The topological polar surface area (TPSA) is 82.8 Å². The molecule has 0 spiro atoms. The number of nitrogen functional groups attached to an aromatic ring is 1. The zero-order valence-electron chi connectivity index (χ0n) is 12.3. The molecule has 0 saturated heterocycles. The number of hydrogen-bond acceptors (Lipinski definition) is 4. The number of rotatable bonds is 3. The maximum atomic E-state index is 6.14. The summed E-state index contributed by atoms with van der Waals surface area (Å²) >= 11 is 0. The monoisotopic (exact) mass is 293 g/mol. The minimum absolute atomic E-state index is 0.461. The van der Waals surface area contributed by atoms with E-state index in [9.17, 15) is 0 Å². The zero-order chi connectivity index (χ0) is 15.1. The summed E-state index contributed by atoms with van der Waals surface area (Å²) in [5.41, 5.74) is 15.1. The van der Waals surface area contributed by atoms with E-state index in [1.165, 1.54) is 0 Å². The first-order chi connectivity index (χ1) is 10.8. The quantitative estimate of drug-likeness (QED) is 0.777. The molecule has 0 bridgehead atoms. The van der Waals surface area contributed by atoms with Crippen LogP contribution in [0.3, 0.4) is 0 Å². The average Bonchev–Trinajstić information content (AvgIpc) is 2.88. The summed E-state index contributed by atoms with van der Waals surface area (Å²) in [6.45, 7) is 0.762. The molecule has 3 aromatic rings. The van der Waals surface area contributed by atoms with Gasteiger partial charge in [0, 0.05) is 17.8 Å². The van der Waals surface area contributed by atoms with Crippen LogP contribution in [0, 0.1) is 5.92 Å². The number of nitrogens with zero attached hydrogens (tertiary/aromatic N) is 3. The van der Waals surface area contributed by atoms with Crippen molar-refractivity contribution in [2.24, 2.45) is 11.7 Å². The van der Waals surface area contributed by atoms with E-state index >= 15 is 0 Å². The van der Waals surface area contributed by atoms with E-state index in [-0.39, 0.29) is 0 Å². The Morgan fingerprint density at radius 3 is 2.64 bits per heavy atom. The third-order valence-corrected chi connectivity index (χ3v) is 4.66. The Bertz CT molecular complexity index is 803. The molecule has 1 saturated carbocycles. The summed E-state index contributed by atoms with van der Waals surface area (Å²) in [5, 5.41) is 0.949. The first kappa shape index (κ1) is 13.3. The van der Waals surface area contributed by atoms with Gasteiger partial charge in [-0.3, -0.25) is 0 Å². The van der Waals surface area contributed by atoms with Crippen molar-refractivity contribution in [3.63, 3.8) is 0 Å². The third kappa shape index (κ3) is 1.97. The largest absolute Gasteiger partial charge is 0.383 e. The molecule has 1 aromatic carbocycles. The number of nitrogens with two attached hydrogens (primary N) is 2. The summed E-state index contributed by atoms with van der Waals surface area (Å²) in [6.07, 6.45) is 5.93. The molecule has 1 fully saturated rings. The second kappa shape index (κ2) is 5.10. The van der Waals surface area contributed by atoms with Crippen LogP contribution in [-0.4, -0.2) is 21.1 Å². The van der Waals surface area contributed by atoms with Crippen molar-refractivity contribution in [1.29, 1.82) is 0 Å². The summed E-state index contributed by atoms with van der Waals surface area (Å²) in [7, 11) is 0. The molecular weight excluding hydrogens is 274 g/mol. The average molecular weight is 293 g/mol. The van der Waals surface area contributed by atoms with Crippen molar-refractivity contribution in [2.75, 3.05) is 12.3 Å². The van der Waals surface area contributed by atoms with Gasteiger partial charge >= 0.3 is 0 Å². The lowest BCUT2D eigenvalue weighted by molar-refractivity contribution is 0.209. The smallest absolute Gasteiger partial charge is 0.146 e. The second-order valence-electron chi connectivity index (χ2n) is 6.00. The SMILES string of the molecule is NCC1CC(n2cc(-c3ccccc3)c3c(N)ncnc32)C1. The second-order valence-corrected chi connectivity index (χ2v) is 6.00. The van der Waals surface area contributed by atoms with E-state index in [2.05, 4.69) is 32.9 Å². The number of hydrogen-bond donors (Lipinski definition) is 2. The third-order valence-electron chi connectivity index (χ3n) is 4.66. The Kier molecular flexibility index (Phi) is 3.08. The molecule has 0 unspecified atom stereocenters. The molecule has 1 aliphatic rings. The highest BCUT2D eigenvalue weighted by molar-refractivity contribution is 6.00. The Labute approximate surface area is 129 Å². The summed E-state index contributed by atoms with van der Waals surface area (Å²) in [4.78, 5) is 8.66. The fourth-order valence-corrected chi connectivity index (χ4v) is 3.34. The van der Waals surface area contributed by atoms with Crippen LogP contribution in [0.15, 0.2) is 42.9 Å². The molecule has 0 atom stereocenters. The normalized spacial score (nSPS) is 21.0. The fourth-order valence-electron chi connectivity index (χ4n) is 3.34. The molecule has 22 heavy (non-hydrogen) atoms. The molecule has 0 amide bonds. The molecule has 0 radical (unpaired) electrons. The van der Waals surface area contributed by atoms with Crippen molar-refractivity contribution in [2.45, 2.75) is 18.9 Å². The summed E-state index contributed by atoms with van der Waals surface area (Å²) in [6, 6.07) is 10.7. The van der Waals surface area contributed by atoms with Crippen LogP contribution in [-0.2, 0) is 0 Å². The summed E-state index contributed by atoms with van der Waals surface area (Å²) in [5.74, 6) is 1.17. The molecule has 4 N–H and O–H groups in total. The van der Waals surface area contributed by atoms with Gasteiger partial charge in [-0.1, -0.05) is 30.3 Å². The highest BCUT2D eigenvalue weighted by atomic mass is 15.1. The maximum Gasteiger partial charge on any atom is 0.146 e. The van der Waals surface area contributed by atoms with Gasteiger partial charge in [0.2, 0.25) is 0 Å². The number of benzene rings is 1. The molecule has 5 heteroatoms. The number of fused-ring (bicyclic) bond motifs is 1. The molecule has 112 valence electrons. The van der Waals surface area contributed by atoms with Crippen molar-refractivity contribution in [3.8, 4) is 11.1 Å². The maximum absolute atomic E-state index is 6.14. The highest BCUT2D eigenvalue weighted by Crippen LogP contribution is 2.42. The van der Waals surface area contributed by atoms with Crippen molar-refractivity contribution >= 4 is 16.9 Å². The Morgan fingerprint density at radius 2 is 1.91 bits per heavy atom. The van der Waals surface area contributed by atoms with E-state index in [0.29, 0.717) is 17.8 Å². The minimum atomic E-state index is 0.461. The van der Waals surface area contributed by atoms with Gasteiger partial charge in [-0.05, 0) is 30.9 Å². The lowest BCUT2D eigenvalue weighted by Gasteiger charge is -2.35. The predicted octanol–water partition coefficient (Wildman–Crippen LogP) is 2.59. The number of aromatic nitrogens is 3. The van der Waals surface area contributed by atoms with Gasteiger partial charge in [0.25, 0.3) is 0 Å². The molecule has 5 nitrogen and oxygen atoms in total. The van der Waals surface area contributed by atoms with Crippen LogP contribution < -0.4 is 11.5 Å². The van der Waals surface area contributed by atoms with Crippen molar-refractivity contribution in [3.05, 3.63) is 42.9 Å². The zero-order valence-corrected chi connectivity index (χ0v) is 12.3. The first-order valence-corrected chi connectivity index (χ1v) is 7.64. The van der Waals surface area contributed by atoms with Gasteiger partial charge in [-0.25, -0.2) is 9.97 Å². The minimum Gasteiger partial charge on any atom is -0.383 e. The van der Waals surface area contributed by atoms with Gasteiger partial charge in [0.1, 0.15) is 17.8 Å². The molecule has 0 aliphatic heterocycles. The fraction of sp³-hybridized carbons (Fsp3) is 0.294. The van der Waals surface area contributed by atoms with Crippen molar-refractivity contribution < 1.29 is 0 Å². The van der Waals surface area contributed by atoms with E-state index < -0.39 is 0 Å². The van der Waals surface area contributed by atoms with Gasteiger partial charge in [-0.2, -0.15) is 0 Å². The van der Waals surface area contributed by atoms with Gasteiger partial charge < -0.3 is 16.0 Å². The standard InChI is InChI=1S/C17H19N5/c18-8-11-6-13(7-11)22-9-14(12-4-2-1-3-5-12)15-16(19)20-10-21-17(15)22/h1-5,9-11,13H,6-8,18H2,(H2,19,20,21). The van der Waals surface area contributed by atoms with Crippen LogP contribution in [0.4, 0.5) is 5.82 Å². The van der Waals surface area contributed by atoms with Crippen LogP contribution in [0.5, 0.6) is 0 Å². The summed E-state index contributed by atoms with van der Waals surface area (Å²) < 4.78 is 2.25.